The molecule has 0 fully saturated rings. The van der Waals surface area contributed by atoms with Gasteiger partial charge in [0, 0.05) is 31.1 Å². The first kappa shape index (κ1) is 13.4. The number of benzene rings is 1. The number of nitrogens with zero attached hydrogens (tertiary/aromatic N) is 1. The number of ether oxygens (including phenoxy) is 1. The maximum Gasteiger partial charge on any atom is 0.307 e. The topological polar surface area (TPSA) is 66.8 Å². The number of carbonyl (C=O) groups excluding carboxylic acids is 2. The van der Waals surface area contributed by atoms with Crippen LogP contribution in [0.2, 0.25) is 0 Å². The van der Waals surface area contributed by atoms with Gasteiger partial charge in [-0.2, -0.15) is 0 Å². The molecule has 0 spiro atoms. The molecular formula is C14H17NO4. The van der Waals surface area contributed by atoms with Crippen LogP contribution in [-0.2, 0) is 9.53 Å². The predicted octanol–water partition coefficient (Wildman–Crippen LogP) is 1.74. The number of anilines is 1. The van der Waals surface area contributed by atoms with Crippen LogP contribution in [0, 0.1) is 0 Å². The van der Waals surface area contributed by atoms with Crippen molar-refractivity contribution >= 4 is 17.4 Å². The van der Waals surface area contributed by atoms with Crippen molar-refractivity contribution in [3.63, 3.8) is 0 Å². The standard InChI is InChI=1S/C14H17NO4/c1-2-19-14(18)6-8-15-7-5-13(17)11-4-3-10(16)9-12(11)15/h3-4,9,16H,2,5-8H2,1H3. The quantitative estimate of drug-likeness (QED) is 0.838. The number of phenols is 1. The average molecular weight is 263 g/mol. The minimum absolute atomic E-state index is 0.0717. The lowest BCUT2D eigenvalue weighted by Crippen LogP contribution is -2.34. The Balaban J connectivity index is 2.12. The number of esters is 1. The molecule has 0 aromatic heterocycles. The summed E-state index contributed by atoms with van der Waals surface area (Å²) >= 11 is 0. The molecule has 1 N–H and O–H groups in total. The van der Waals surface area contributed by atoms with Gasteiger partial charge in [-0.3, -0.25) is 9.59 Å². The fraction of sp³-hybridized carbons (Fsp3) is 0.429. The largest absolute Gasteiger partial charge is 0.508 e. The van der Waals surface area contributed by atoms with Crippen LogP contribution in [0.15, 0.2) is 18.2 Å². The van der Waals surface area contributed by atoms with E-state index in [4.69, 9.17) is 4.74 Å². The molecule has 0 saturated carbocycles. The number of rotatable bonds is 4. The molecule has 0 saturated heterocycles. The van der Waals surface area contributed by atoms with Crippen LogP contribution in [-0.4, -0.2) is 36.6 Å². The number of hydrogen-bond acceptors (Lipinski definition) is 5. The first-order valence-electron chi connectivity index (χ1n) is 6.38. The number of Topliss-reactive ketones (excluding diaryl/α,β-unsaturated/α-hetero) is 1. The lowest BCUT2D eigenvalue weighted by Gasteiger charge is -2.30. The van der Waals surface area contributed by atoms with Crippen LogP contribution in [0.5, 0.6) is 5.75 Å². The smallest absolute Gasteiger partial charge is 0.307 e. The maximum atomic E-state index is 11.8. The number of phenolic OH excluding ortho intramolecular Hbond substituents is 1. The molecule has 1 heterocycles. The first-order valence-corrected chi connectivity index (χ1v) is 6.38. The molecule has 1 aliphatic heterocycles. The fourth-order valence-corrected chi connectivity index (χ4v) is 2.20. The summed E-state index contributed by atoms with van der Waals surface area (Å²) in [5, 5.41) is 9.52. The number of aromatic hydroxyl groups is 1. The van der Waals surface area contributed by atoms with Gasteiger partial charge in [0.05, 0.1) is 18.7 Å². The molecule has 5 nitrogen and oxygen atoms in total. The van der Waals surface area contributed by atoms with E-state index in [0.717, 1.165) is 0 Å². The van der Waals surface area contributed by atoms with E-state index in [0.29, 0.717) is 37.4 Å². The summed E-state index contributed by atoms with van der Waals surface area (Å²) in [6, 6.07) is 4.70. The van der Waals surface area contributed by atoms with Crippen molar-refractivity contribution in [2.24, 2.45) is 0 Å². The van der Waals surface area contributed by atoms with Gasteiger partial charge in [0.15, 0.2) is 5.78 Å². The van der Waals surface area contributed by atoms with E-state index in [1.807, 2.05) is 4.90 Å². The number of fused-ring (bicyclic) bond motifs is 1. The summed E-state index contributed by atoms with van der Waals surface area (Å²) in [4.78, 5) is 25.1. The van der Waals surface area contributed by atoms with Crippen molar-refractivity contribution in [1.82, 2.24) is 0 Å². The Hall–Kier alpha value is -2.04. The SMILES string of the molecule is CCOC(=O)CCN1CCC(=O)c2ccc(O)cc21. The highest BCUT2D eigenvalue weighted by molar-refractivity contribution is 6.03. The lowest BCUT2D eigenvalue weighted by atomic mass is 10.00. The Kier molecular flexibility index (Phi) is 4.04. The Morgan fingerprint density at radius 3 is 3.00 bits per heavy atom. The second-order valence-corrected chi connectivity index (χ2v) is 4.42. The van der Waals surface area contributed by atoms with E-state index in [2.05, 4.69) is 0 Å². The summed E-state index contributed by atoms with van der Waals surface area (Å²) in [7, 11) is 0. The lowest BCUT2D eigenvalue weighted by molar-refractivity contribution is -0.142. The zero-order valence-electron chi connectivity index (χ0n) is 10.9. The molecule has 0 amide bonds. The van der Waals surface area contributed by atoms with Gasteiger partial charge >= 0.3 is 5.97 Å². The van der Waals surface area contributed by atoms with Gasteiger partial charge < -0.3 is 14.7 Å². The van der Waals surface area contributed by atoms with Crippen molar-refractivity contribution in [3.05, 3.63) is 23.8 Å². The Bertz CT molecular complexity index is 498. The van der Waals surface area contributed by atoms with E-state index in [-0.39, 0.29) is 23.9 Å². The minimum Gasteiger partial charge on any atom is -0.508 e. The van der Waals surface area contributed by atoms with Crippen molar-refractivity contribution < 1.29 is 19.4 Å². The molecule has 0 unspecified atom stereocenters. The fourth-order valence-electron chi connectivity index (χ4n) is 2.20. The van der Waals surface area contributed by atoms with E-state index in [1.165, 1.54) is 6.07 Å². The van der Waals surface area contributed by atoms with Crippen LogP contribution >= 0.6 is 0 Å². The third kappa shape index (κ3) is 3.05. The van der Waals surface area contributed by atoms with Gasteiger partial charge in [-0.25, -0.2) is 0 Å². The van der Waals surface area contributed by atoms with Gasteiger partial charge in [-0.15, -0.1) is 0 Å². The van der Waals surface area contributed by atoms with E-state index in [1.54, 1.807) is 19.1 Å². The van der Waals surface area contributed by atoms with Gasteiger partial charge in [-0.1, -0.05) is 0 Å². The van der Waals surface area contributed by atoms with Gasteiger partial charge in [-0.05, 0) is 19.1 Å². The summed E-state index contributed by atoms with van der Waals surface area (Å²) in [6.45, 7) is 3.19. The van der Waals surface area contributed by atoms with E-state index in [9.17, 15) is 14.7 Å². The predicted molar refractivity (Wildman–Crippen MR) is 70.5 cm³/mol. The molecule has 2 rings (SSSR count). The summed E-state index contributed by atoms with van der Waals surface area (Å²) in [6.07, 6.45) is 0.706. The highest BCUT2D eigenvalue weighted by Gasteiger charge is 2.23. The third-order valence-electron chi connectivity index (χ3n) is 3.12. The highest BCUT2D eigenvalue weighted by atomic mass is 16.5. The Labute approximate surface area is 111 Å². The molecule has 0 bridgehead atoms. The van der Waals surface area contributed by atoms with E-state index < -0.39 is 0 Å². The second kappa shape index (κ2) is 5.73. The van der Waals surface area contributed by atoms with Crippen molar-refractivity contribution in [2.45, 2.75) is 19.8 Å². The molecular weight excluding hydrogens is 246 g/mol. The number of carbonyl (C=O) groups is 2. The molecule has 19 heavy (non-hydrogen) atoms. The van der Waals surface area contributed by atoms with Crippen LogP contribution in [0.4, 0.5) is 5.69 Å². The minimum atomic E-state index is -0.249. The van der Waals surface area contributed by atoms with Crippen LogP contribution in [0.3, 0.4) is 0 Å². The Morgan fingerprint density at radius 1 is 1.47 bits per heavy atom. The molecule has 1 aromatic rings. The van der Waals surface area contributed by atoms with Crippen LogP contribution in [0.25, 0.3) is 0 Å². The normalized spacial score (nSPS) is 14.2. The number of ketones is 1. The molecule has 1 aromatic carbocycles. The average Bonchev–Trinajstić information content (AvgIpc) is 2.38. The summed E-state index contributed by atoms with van der Waals surface area (Å²) < 4.78 is 4.88. The summed E-state index contributed by atoms with van der Waals surface area (Å²) in [5.74, 6) is -0.0573. The van der Waals surface area contributed by atoms with Crippen molar-refractivity contribution in [2.75, 3.05) is 24.6 Å². The van der Waals surface area contributed by atoms with Gasteiger partial charge in [0.25, 0.3) is 0 Å². The monoisotopic (exact) mass is 263 g/mol. The van der Waals surface area contributed by atoms with Gasteiger partial charge in [0.1, 0.15) is 5.75 Å². The third-order valence-corrected chi connectivity index (χ3v) is 3.12. The molecule has 0 radical (unpaired) electrons. The first-order chi connectivity index (χ1) is 9.11. The summed E-state index contributed by atoms with van der Waals surface area (Å²) in [5.41, 5.74) is 1.30. The highest BCUT2D eigenvalue weighted by Crippen LogP contribution is 2.30. The Morgan fingerprint density at radius 2 is 2.26 bits per heavy atom. The van der Waals surface area contributed by atoms with Gasteiger partial charge in [0.2, 0.25) is 0 Å². The molecule has 1 aliphatic rings. The van der Waals surface area contributed by atoms with Crippen LogP contribution in [0.1, 0.15) is 30.1 Å². The molecule has 0 aliphatic carbocycles. The zero-order chi connectivity index (χ0) is 13.8. The van der Waals surface area contributed by atoms with E-state index >= 15 is 0 Å². The number of hydrogen-bond donors (Lipinski definition) is 1. The van der Waals surface area contributed by atoms with Crippen molar-refractivity contribution in [3.8, 4) is 5.75 Å². The second-order valence-electron chi connectivity index (χ2n) is 4.42. The zero-order valence-corrected chi connectivity index (χ0v) is 10.9. The van der Waals surface area contributed by atoms with Crippen molar-refractivity contribution in [1.29, 1.82) is 0 Å². The maximum absolute atomic E-state index is 11.8. The molecule has 102 valence electrons. The molecule has 5 heteroatoms. The van der Waals surface area contributed by atoms with Crippen LogP contribution < -0.4 is 4.90 Å². The molecule has 0 atom stereocenters.